The first-order chi connectivity index (χ1) is 13.5. The first-order valence-corrected chi connectivity index (χ1v) is 10.4. The van der Waals surface area contributed by atoms with Crippen molar-refractivity contribution in [2.75, 3.05) is 45.9 Å². The zero-order valence-electron chi connectivity index (χ0n) is 17.8. The molecule has 28 heavy (non-hydrogen) atoms. The molecule has 0 bridgehead atoms. The molecule has 1 fully saturated rings. The van der Waals surface area contributed by atoms with Crippen molar-refractivity contribution in [3.8, 4) is 0 Å². The molecular formula is C22H35N5O. The lowest BCUT2D eigenvalue weighted by Crippen LogP contribution is -2.52. The van der Waals surface area contributed by atoms with Gasteiger partial charge < -0.3 is 20.4 Å². The predicted molar refractivity (Wildman–Crippen MR) is 117 cm³/mol. The zero-order valence-corrected chi connectivity index (χ0v) is 17.8. The van der Waals surface area contributed by atoms with Crippen molar-refractivity contribution < 1.29 is 4.74 Å². The molecule has 0 aliphatic carbocycles. The molecule has 0 saturated carbocycles. The van der Waals surface area contributed by atoms with Crippen molar-refractivity contribution in [2.45, 2.75) is 39.7 Å². The van der Waals surface area contributed by atoms with Crippen LogP contribution in [0, 0.1) is 6.92 Å². The average molecular weight is 386 g/mol. The van der Waals surface area contributed by atoms with Crippen LogP contribution >= 0.6 is 0 Å². The Morgan fingerprint density at radius 1 is 1.25 bits per heavy atom. The molecule has 6 heteroatoms. The summed E-state index contributed by atoms with van der Waals surface area (Å²) >= 11 is 0. The summed E-state index contributed by atoms with van der Waals surface area (Å²) in [4.78, 5) is 10.7. The van der Waals surface area contributed by atoms with E-state index in [0.29, 0.717) is 0 Å². The lowest BCUT2D eigenvalue weighted by molar-refractivity contribution is -0.00683. The number of aromatic nitrogens is 1. The number of aromatic amines is 1. The normalized spacial score (nSPS) is 16.5. The number of ether oxygens (including phenoxy) is 1. The number of morpholine rings is 1. The Morgan fingerprint density at radius 3 is 2.79 bits per heavy atom. The molecule has 1 aliphatic heterocycles. The number of hydrogen-bond acceptors (Lipinski definition) is 3. The van der Waals surface area contributed by atoms with Crippen LogP contribution < -0.4 is 10.6 Å². The molecule has 3 rings (SSSR count). The SMILES string of the molecule is CCNC(=NCC(C)(C)N1CCOCC1)NCCc1c[nH]c2cccc(C)c12. The van der Waals surface area contributed by atoms with Crippen molar-refractivity contribution in [3.05, 3.63) is 35.5 Å². The van der Waals surface area contributed by atoms with Crippen LogP contribution in [0.4, 0.5) is 0 Å². The fourth-order valence-corrected chi connectivity index (χ4v) is 3.85. The molecule has 1 aromatic carbocycles. The summed E-state index contributed by atoms with van der Waals surface area (Å²) in [5, 5.41) is 8.22. The van der Waals surface area contributed by atoms with E-state index in [0.717, 1.165) is 58.3 Å². The Hall–Kier alpha value is -2.05. The predicted octanol–water partition coefficient (Wildman–Crippen LogP) is 2.68. The summed E-state index contributed by atoms with van der Waals surface area (Å²) in [5.74, 6) is 0.889. The molecule has 1 saturated heterocycles. The van der Waals surface area contributed by atoms with Crippen LogP contribution in [-0.4, -0.2) is 67.3 Å². The van der Waals surface area contributed by atoms with E-state index in [1.165, 1.54) is 22.0 Å². The highest BCUT2D eigenvalue weighted by atomic mass is 16.5. The van der Waals surface area contributed by atoms with E-state index in [2.05, 4.69) is 72.6 Å². The summed E-state index contributed by atoms with van der Waals surface area (Å²) in [7, 11) is 0. The highest BCUT2D eigenvalue weighted by Gasteiger charge is 2.28. The molecule has 154 valence electrons. The van der Waals surface area contributed by atoms with E-state index in [9.17, 15) is 0 Å². The summed E-state index contributed by atoms with van der Waals surface area (Å²) in [6, 6.07) is 6.41. The molecule has 2 aromatic rings. The van der Waals surface area contributed by atoms with Crippen molar-refractivity contribution in [1.82, 2.24) is 20.5 Å². The minimum Gasteiger partial charge on any atom is -0.379 e. The number of nitrogens with zero attached hydrogens (tertiary/aromatic N) is 2. The monoisotopic (exact) mass is 385 g/mol. The first-order valence-electron chi connectivity index (χ1n) is 10.4. The van der Waals surface area contributed by atoms with Gasteiger partial charge in [0.2, 0.25) is 0 Å². The van der Waals surface area contributed by atoms with Crippen LogP contribution in [0.2, 0.25) is 0 Å². The molecule has 0 unspecified atom stereocenters. The third kappa shape index (κ3) is 5.06. The summed E-state index contributed by atoms with van der Waals surface area (Å²) in [6.07, 6.45) is 3.09. The highest BCUT2D eigenvalue weighted by molar-refractivity contribution is 5.86. The molecule has 1 aromatic heterocycles. The Balaban J connectivity index is 1.58. The zero-order chi connectivity index (χ0) is 20.0. The summed E-state index contributed by atoms with van der Waals surface area (Å²) in [5.41, 5.74) is 3.91. The van der Waals surface area contributed by atoms with Crippen LogP contribution in [0.25, 0.3) is 10.9 Å². The van der Waals surface area contributed by atoms with E-state index in [4.69, 9.17) is 9.73 Å². The lowest BCUT2D eigenvalue weighted by atomic mass is 10.0. The summed E-state index contributed by atoms with van der Waals surface area (Å²) in [6.45, 7) is 14.9. The first kappa shape index (κ1) is 20.7. The molecular weight excluding hydrogens is 350 g/mol. The third-order valence-electron chi connectivity index (χ3n) is 5.52. The Labute approximate surface area is 168 Å². The van der Waals surface area contributed by atoms with E-state index in [1.54, 1.807) is 0 Å². The second-order valence-electron chi connectivity index (χ2n) is 8.10. The number of fused-ring (bicyclic) bond motifs is 1. The Morgan fingerprint density at radius 2 is 2.04 bits per heavy atom. The smallest absolute Gasteiger partial charge is 0.191 e. The third-order valence-corrected chi connectivity index (χ3v) is 5.52. The quantitative estimate of drug-likeness (QED) is 0.506. The fourth-order valence-electron chi connectivity index (χ4n) is 3.85. The van der Waals surface area contributed by atoms with Crippen LogP contribution in [0.3, 0.4) is 0 Å². The number of hydrogen-bond donors (Lipinski definition) is 3. The topological polar surface area (TPSA) is 64.7 Å². The van der Waals surface area contributed by atoms with E-state index < -0.39 is 0 Å². The van der Waals surface area contributed by atoms with Crippen LogP contribution in [0.15, 0.2) is 29.4 Å². The average Bonchev–Trinajstić information content (AvgIpc) is 3.11. The van der Waals surface area contributed by atoms with Crippen LogP contribution in [-0.2, 0) is 11.2 Å². The van der Waals surface area contributed by atoms with E-state index in [1.807, 2.05) is 0 Å². The number of nitrogens with one attached hydrogen (secondary N) is 3. The lowest BCUT2D eigenvalue weighted by Gasteiger charge is -2.39. The largest absolute Gasteiger partial charge is 0.379 e. The Bertz CT molecular complexity index is 789. The minimum atomic E-state index is 0.0279. The standard InChI is InChI=1S/C22H35N5O/c1-5-23-21(26-16-22(3,4)27-11-13-28-14-12-27)24-10-9-18-15-25-19-8-6-7-17(2)20(18)19/h6-8,15,25H,5,9-14,16H2,1-4H3,(H2,23,24,26). The second kappa shape index (κ2) is 9.43. The molecule has 0 atom stereocenters. The molecule has 0 amide bonds. The van der Waals surface area contributed by atoms with Gasteiger partial charge in [0.25, 0.3) is 0 Å². The van der Waals surface area contributed by atoms with Gasteiger partial charge in [-0.3, -0.25) is 9.89 Å². The van der Waals surface area contributed by atoms with Gasteiger partial charge in [-0.1, -0.05) is 12.1 Å². The number of guanidine groups is 1. The van der Waals surface area contributed by atoms with Gasteiger partial charge in [-0.05, 0) is 51.3 Å². The van der Waals surface area contributed by atoms with Gasteiger partial charge in [-0.15, -0.1) is 0 Å². The maximum Gasteiger partial charge on any atom is 0.191 e. The van der Waals surface area contributed by atoms with E-state index in [-0.39, 0.29) is 5.54 Å². The van der Waals surface area contributed by atoms with Gasteiger partial charge in [0.15, 0.2) is 5.96 Å². The van der Waals surface area contributed by atoms with Gasteiger partial charge in [0.1, 0.15) is 0 Å². The fraction of sp³-hybridized carbons (Fsp3) is 0.591. The molecule has 2 heterocycles. The molecule has 6 nitrogen and oxygen atoms in total. The molecule has 3 N–H and O–H groups in total. The van der Waals surface area contributed by atoms with Crippen molar-refractivity contribution in [3.63, 3.8) is 0 Å². The Kier molecular flexibility index (Phi) is 6.97. The number of rotatable bonds is 7. The van der Waals surface area contributed by atoms with E-state index >= 15 is 0 Å². The number of aliphatic imine (C=N–C) groups is 1. The van der Waals surface area contributed by atoms with Gasteiger partial charge in [0, 0.05) is 48.8 Å². The van der Waals surface area contributed by atoms with Crippen molar-refractivity contribution in [2.24, 2.45) is 4.99 Å². The summed E-state index contributed by atoms with van der Waals surface area (Å²) < 4.78 is 5.48. The maximum atomic E-state index is 5.48. The van der Waals surface area contributed by atoms with Gasteiger partial charge in [-0.25, -0.2) is 0 Å². The number of H-pyrrole nitrogens is 1. The van der Waals surface area contributed by atoms with Gasteiger partial charge >= 0.3 is 0 Å². The van der Waals surface area contributed by atoms with Crippen molar-refractivity contribution in [1.29, 1.82) is 0 Å². The van der Waals surface area contributed by atoms with Crippen LogP contribution in [0.1, 0.15) is 31.9 Å². The second-order valence-corrected chi connectivity index (χ2v) is 8.10. The minimum absolute atomic E-state index is 0.0279. The number of aryl methyl sites for hydroxylation is 1. The molecule has 1 aliphatic rings. The maximum absolute atomic E-state index is 5.48. The highest BCUT2D eigenvalue weighted by Crippen LogP contribution is 2.22. The van der Waals surface area contributed by atoms with Crippen LogP contribution in [0.5, 0.6) is 0 Å². The van der Waals surface area contributed by atoms with Gasteiger partial charge in [0.05, 0.1) is 19.8 Å². The molecule has 0 radical (unpaired) electrons. The van der Waals surface area contributed by atoms with Crippen molar-refractivity contribution >= 4 is 16.9 Å². The molecule has 0 spiro atoms. The van der Waals surface area contributed by atoms with Gasteiger partial charge in [-0.2, -0.15) is 0 Å². The number of benzene rings is 1.